The van der Waals surface area contributed by atoms with Crippen LogP contribution in [0.4, 0.5) is 10.5 Å². The summed E-state index contributed by atoms with van der Waals surface area (Å²) in [5.41, 5.74) is 0.841. The van der Waals surface area contributed by atoms with Crippen LogP contribution in [0.5, 0.6) is 0 Å². The molecule has 1 saturated heterocycles. The number of halogens is 1. The molecule has 1 fully saturated rings. The van der Waals surface area contributed by atoms with E-state index < -0.39 is 5.60 Å². The van der Waals surface area contributed by atoms with Crippen LogP contribution in [0, 0.1) is 0 Å². The van der Waals surface area contributed by atoms with Crippen LogP contribution >= 0.6 is 15.9 Å². The summed E-state index contributed by atoms with van der Waals surface area (Å²) in [7, 11) is 0. The van der Waals surface area contributed by atoms with Crippen molar-refractivity contribution in [3.8, 4) is 0 Å². The summed E-state index contributed by atoms with van der Waals surface area (Å²) in [6.07, 6.45) is 1.09. The molecule has 0 bridgehead atoms. The number of carbonyl (C=O) groups excluding carboxylic acids is 1. The van der Waals surface area contributed by atoms with Crippen molar-refractivity contribution in [3.05, 3.63) is 64.6 Å². The highest BCUT2D eigenvalue weighted by molar-refractivity contribution is 9.10. The number of likely N-dealkylation sites (tertiary alicyclic amines) is 1. The van der Waals surface area contributed by atoms with Crippen LogP contribution in [-0.4, -0.2) is 29.1 Å². The van der Waals surface area contributed by atoms with Gasteiger partial charge in [0.15, 0.2) is 0 Å². The van der Waals surface area contributed by atoms with Crippen molar-refractivity contribution in [2.45, 2.75) is 18.4 Å². The van der Waals surface area contributed by atoms with Gasteiger partial charge in [0.2, 0.25) is 0 Å². The van der Waals surface area contributed by atoms with Crippen molar-refractivity contribution in [3.63, 3.8) is 0 Å². The van der Waals surface area contributed by atoms with E-state index in [9.17, 15) is 9.90 Å². The fourth-order valence-electron chi connectivity index (χ4n) is 2.89. The second-order valence-corrected chi connectivity index (χ2v) is 6.74. The van der Waals surface area contributed by atoms with E-state index in [2.05, 4.69) is 21.2 Å². The lowest BCUT2D eigenvalue weighted by molar-refractivity contribution is -0.0156. The molecule has 2 aromatic carbocycles. The first-order valence-corrected chi connectivity index (χ1v) is 8.45. The zero-order chi connectivity index (χ0) is 16.3. The number of hydrogen-bond donors (Lipinski definition) is 2. The van der Waals surface area contributed by atoms with Gasteiger partial charge in [-0.15, -0.1) is 0 Å². The van der Waals surface area contributed by atoms with Crippen molar-refractivity contribution in [1.82, 2.24) is 4.90 Å². The van der Waals surface area contributed by atoms with Crippen LogP contribution in [0.1, 0.15) is 18.4 Å². The molecule has 0 aliphatic carbocycles. The number of hydrogen-bond acceptors (Lipinski definition) is 2. The monoisotopic (exact) mass is 374 g/mol. The van der Waals surface area contributed by atoms with Crippen LogP contribution in [0.15, 0.2) is 59.1 Å². The molecule has 23 heavy (non-hydrogen) atoms. The summed E-state index contributed by atoms with van der Waals surface area (Å²) in [6.45, 7) is 1.07. The van der Waals surface area contributed by atoms with E-state index in [-0.39, 0.29) is 6.03 Å². The Morgan fingerprint density at radius 2 is 1.78 bits per heavy atom. The van der Waals surface area contributed by atoms with Gasteiger partial charge in [0.05, 0.1) is 5.60 Å². The van der Waals surface area contributed by atoms with Gasteiger partial charge in [0.25, 0.3) is 0 Å². The average molecular weight is 375 g/mol. The van der Waals surface area contributed by atoms with E-state index in [1.807, 2.05) is 54.6 Å². The standard InChI is InChI=1S/C18H19BrN2O2/c19-15-7-4-8-16(13-15)20-17(22)21-11-9-18(23,10-12-21)14-5-2-1-3-6-14/h1-8,13,23H,9-12H2,(H,20,22). The van der Waals surface area contributed by atoms with Gasteiger partial charge in [-0.1, -0.05) is 52.3 Å². The van der Waals surface area contributed by atoms with Crippen molar-refractivity contribution in [2.75, 3.05) is 18.4 Å². The Hall–Kier alpha value is -1.85. The number of piperidine rings is 1. The van der Waals surface area contributed by atoms with Crippen LogP contribution in [0.3, 0.4) is 0 Å². The molecule has 0 atom stereocenters. The number of nitrogens with one attached hydrogen (secondary N) is 1. The quantitative estimate of drug-likeness (QED) is 0.835. The van der Waals surface area contributed by atoms with Gasteiger partial charge in [-0.3, -0.25) is 0 Å². The van der Waals surface area contributed by atoms with Crippen molar-refractivity contribution < 1.29 is 9.90 Å². The number of urea groups is 1. The van der Waals surface area contributed by atoms with E-state index in [0.717, 1.165) is 15.7 Å². The molecule has 3 rings (SSSR count). The Labute approximate surface area is 144 Å². The van der Waals surface area contributed by atoms with Crippen molar-refractivity contribution >= 4 is 27.6 Å². The number of benzene rings is 2. The first-order valence-electron chi connectivity index (χ1n) is 7.66. The number of nitrogens with zero attached hydrogens (tertiary/aromatic N) is 1. The van der Waals surface area contributed by atoms with E-state index in [1.54, 1.807) is 4.90 Å². The molecule has 0 radical (unpaired) electrons. The molecule has 1 aliphatic heterocycles. The maximum Gasteiger partial charge on any atom is 0.321 e. The minimum Gasteiger partial charge on any atom is -0.385 e. The molecule has 0 aromatic heterocycles. The molecule has 0 spiro atoms. The lowest BCUT2D eigenvalue weighted by atomic mass is 9.84. The third-order valence-electron chi connectivity index (χ3n) is 4.26. The van der Waals surface area contributed by atoms with Gasteiger partial charge in [0.1, 0.15) is 0 Å². The van der Waals surface area contributed by atoms with Gasteiger partial charge >= 0.3 is 6.03 Å². The summed E-state index contributed by atoms with van der Waals surface area (Å²) in [4.78, 5) is 14.1. The fraction of sp³-hybridized carbons (Fsp3) is 0.278. The fourth-order valence-corrected chi connectivity index (χ4v) is 3.28. The molecule has 1 aliphatic rings. The SMILES string of the molecule is O=C(Nc1cccc(Br)c1)N1CCC(O)(c2ccccc2)CC1. The minimum atomic E-state index is -0.839. The molecule has 120 valence electrons. The van der Waals surface area contributed by atoms with Crippen LogP contribution in [0.2, 0.25) is 0 Å². The normalized spacial score (nSPS) is 16.9. The maximum atomic E-state index is 12.3. The predicted molar refractivity (Wildman–Crippen MR) is 94.3 cm³/mol. The third-order valence-corrected chi connectivity index (χ3v) is 4.76. The smallest absolute Gasteiger partial charge is 0.321 e. The molecular weight excluding hydrogens is 356 g/mol. The second-order valence-electron chi connectivity index (χ2n) is 5.83. The predicted octanol–water partition coefficient (Wildman–Crippen LogP) is 3.96. The number of carbonyl (C=O) groups is 1. The van der Waals surface area contributed by atoms with Crippen LogP contribution in [0.25, 0.3) is 0 Å². The Kier molecular flexibility index (Phi) is 4.68. The van der Waals surface area contributed by atoms with E-state index in [0.29, 0.717) is 25.9 Å². The molecule has 2 N–H and O–H groups in total. The van der Waals surface area contributed by atoms with Gasteiger partial charge in [-0.2, -0.15) is 0 Å². The second kappa shape index (κ2) is 6.72. The first-order chi connectivity index (χ1) is 11.1. The zero-order valence-electron chi connectivity index (χ0n) is 12.7. The third kappa shape index (κ3) is 3.74. The molecule has 2 amide bonds. The summed E-state index contributed by atoms with van der Waals surface area (Å²) in [6, 6.07) is 17.1. The van der Waals surface area contributed by atoms with Gasteiger partial charge < -0.3 is 15.3 Å². The summed E-state index contributed by atoms with van der Waals surface area (Å²) in [5, 5.41) is 13.7. The van der Waals surface area contributed by atoms with Crippen LogP contribution < -0.4 is 5.32 Å². The van der Waals surface area contributed by atoms with Crippen LogP contribution in [-0.2, 0) is 5.60 Å². The molecule has 1 heterocycles. The molecule has 2 aromatic rings. The summed E-state index contributed by atoms with van der Waals surface area (Å²) >= 11 is 3.39. The maximum absolute atomic E-state index is 12.3. The number of anilines is 1. The molecule has 0 unspecified atom stereocenters. The topological polar surface area (TPSA) is 52.6 Å². The number of rotatable bonds is 2. The summed E-state index contributed by atoms with van der Waals surface area (Å²) in [5.74, 6) is 0. The van der Waals surface area contributed by atoms with E-state index >= 15 is 0 Å². The lowest BCUT2D eigenvalue weighted by Gasteiger charge is -2.38. The zero-order valence-corrected chi connectivity index (χ0v) is 14.3. The highest BCUT2D eigenvalue weighted by Gasteiger charge is 2.35. The van der Waals surface area contributed by atoms with E-state index in [4.69, 9.17) is 0 Å². The molecule has 5 heteroatoms. The Morgan fingerprint density at radius 3 is 2.43 bits per heavy atom. The number of amides is 2. The van der Waals surface area contributed by atoms with Crippen molar-refractivity contribution in [2.24, 2.45) is 0 Å². The summed E-state index contributed by atoms with van der Waals surface area (Å²) < 4.78 is 0.924. The highest BCUT2D eigenvalue weighted by Crippen LogP contribution is 2.32. The van der Waals surface area contributed by atoms with Gasteiger partial charge in [-0.05, 0) is 36.6 Å². The Balaban J connectivity index is 1.61. The molecule has 0 saturated carbocycles. The Bertz CT molecular complexity index is 682. The molecular formula is C18H19BrN2O2. The largest absolute Gasteiger partial charge is 0.385 e. The number of aliphatic hydroxyl groups is 1. The average Bonchev–Trinajstić information content (AvgIpc) is 2.56. The molecule has 4 nitrogen and oxygen atoms in total. The van der Waals surface area contributed by atoms with Gasteiger partial charge in [0, 0.05) is 23.2 Å². The van der Waals surface area contributed by atoms with Crippen molar-refractivity contribution in [1.29, 1.82) is 0 Å². The highest BCUT2D eigenvalue weighted by atomic mass is 79.9. The Morgan fingerprint density at radius 1 is 1.09 bits per heavy atom. The first kappa shape index (κ1) is 16.0. The van der Waals surface area contributed by atoms with Gasteiger partial charge in [-0.25, -0.2) is 4.79 Å². The minimum absolute atomic E-state index is 0.127. The lowest BCUT2D eigenvalue weighted by Crippen LogP contribution is -2.46. The van der Waals surface area contributed by atoms with E-state index in [1.165, 1.54) is 0 Å².